The van der Waals surface area contributed by atoms with Gasteiger partial charge in [0.05, 0.1) is 23.0 Å². The smallest absolute Gasteiger partial charge is 0.313 e. The SMILES string of the molecule is CCOC(=O)C(C)(C)C(NS(=O)(=O)c1ccc(C)cc1)C(Cc1ccccc1)N(Cc1ccccc1)Cc1ccccc1. The van der Waals surface area contributed by atoms with Gasteiger partial charge in [0, 0.05) is 19.1 Å². The van der Waals surface area contributed by atoms with E-state index >= 15 is 0 Å². The highest BCUT2D eigenvalue weighted by atomic mass is 32.2. The Bertz CT molecular complexity index is 1500. The van der Waals surface area contributed by atoms with E-state index in [4.69, 9.17) is 4.74 Å². The van der Waals surface area contributed by atoms with Crippen LogP contribution in [0.5, 0.6) is 0 Å². The summed E-state index contributed by atoms with van der Waals surface area (Å²) in [6.07, 6.45) is 0.504. The molecule has 0 amide bonds. The van der Waals surface area contributed by atoms with E-state index in [1.165, 1.54) is 0 Å². The van der Waals surface area contributed by atoms with Crippen molar-refractivity contribution in [3.63, 3.8) is 0 Å². The molecule has 0 heterocycles. The second kappa shape index (κ2) is 14.6. The summed E-state index contributed by atoms with van der Waals surface area (Å²) in [5, 5.41) is 0. The van der Waals surface area contributed by atoms with Crippen LogP contribution in [0.15, 0.2) is 120 Å². The molecule has 1 N–H and O–H groups in total. The summed E-state index contributed by atoms with van der Waals surface area (Å²) >= 11 is 0. The molecule has 4 aromatic rings. The van der Waals surface area contributed by atoms with Gasteiger partial charge in [0.2, 0.25) is 10.0 Å². The Morgan fingerprint density at radius 1 is 0.767 bits per heavy atom. The molecule has 2 unspecified atom stereocenters. The number of benzene rings is 4. The van der Waals surface area contributed by atoms with Gasteiger partial charge in [0.25, 0.3) is 0 Å². The lowest BCUT2D eigenvalue weighted by Gasteiger charge is -2.43. The molecule has 226 valence electrons. The van der Waals surface area contributed by atoms with Crippen LogP contribution < -0.4 is 4.72 Å². The van der Waals surface area contributed by atoms with E-state index in [0.717, 1.165) is 22.3 Å². The first-order valence-electron chi connectivity index (χ1n) is 14.7. The van der Waals surface area contributed by atoms with E-state index < -0.39 is 33.5 Å². The number of nitrogens with zero attached hydrogens (tertiary/aromatic N) is 1. The van der Waals surface area contributed by atoms with Gasteiger partial charge in [-0.1, -0.05) is 109 Å². The Hall–Kier alpha value is -3.78. The third-order valence-electron chi connectivity index (χ3n) is 7.79. The van der Waals surface area contributed by atoms with Crippen LogP contribution >= 0.6 is 0 Å². The predicted octanol–water partition coefficient (Wildman–Crippen LogP) is 6.54. The van der Waals surface area contributed by atoms with Crippen LogP contribution in [0.2, 0.25) is 0 Å². The standard InChI is InChI=1S/C36H42N2O4S/c1-5-42-35(39)36(3,4)34(37-43(40,41)32-23-21-28(2)22-24-32)33(25-29-15-9-6-10-16-29)38(26-30-17-11-7-12-18-30)27-31-19-13-8-14-20-31/h6-24,33-34,37H,5,25-27H2,1-4H3. The van der Waals surface area contributed by atoms with E-state index in [1.54, 1.807) is 45.0 Å². The monoisotopic (exact) mass is 598 g/mol. The van der Waals surface area contributed by atoms with Crippen molar-refractivity contribution in [2.45, 2.75) is 64.2 Å². The third kappa shape index (κ3) is 8.63. The molecule has 0 aliphatic carbocycles. The second-order valence-electron chi connectivity index (χ2n) is 11.5. The summed E-state index contributed by atoms with van der Waals surface area (Å²) in [5.74, 6) is -0.455. The minimum atomic E-state index is -4.01. The number of sulfonamides is 1. The first kappa shape index (κ1) is 32.1. The van der Waals surface area contributed by atoms with Gasteiger partial charge in [-0.05, 0) is 62.9 Å². The fourth-order valence-corrected chi connectivity index (χ4v) is 6.76. The normalized spacial score (nSPS) is 13.4. The maximum absolute atomic E-state index is 14.0. The van der Waals surface area contributed by atoms with Crippen molar-refractivity contribution in [2.24, 2.45) is 5.41 Å². The summed E-state index contributed by atoms with van der Waals surface area (Å²) in [6, 6.07) is 35.7. The minimum Gasteiger partial charge on any atom is -0.466 e. The number of aryl methyl sites for hydroxylation is 1. The molecule has 0 saturated heterocycles. The lowest BCUT2D eigenvalue weighted by Crippen LogP contribution is -2.60. The first-order valence-corrected chi connectivity index (χ1v) is 16.2. The largest absolute Gasteiger partial charge is 0.466 e. The third-order valence-corrected chi connectivity index (χ3v) is 9.25. The zero-order chi connectivity index (χ0) is 30.9. The average molecular weight is 599 g/mol. The molecule has 4 aromatic carbocycles. The fourth-order valence-electron chi connectivity index (χ4n) is 5.34. The van der Waals surface area contributed by atoms with Gasteiger partial charge >= 0.3 is 5.97 Å². The van der Waals surface area contributed by atoms with E-state index in [9.17, 15) is 13.2 Å². The quantitative estimate of drug-likeness (QED) is 0.167. The van der Waals surface area contributed by atoms with Gasteiger partial charge in [-0.3, -0.25) is 9.69 Å². The lowest BCUT2D eigenvalue weighted by atomic mass is 9.78. The number of esters is 1. The Labute approximate surface area is 256 Å². The average Bonchev–Trinajstić information content (AvgIpc) is 3.00. The number of carbonyl (C=O) groups is 1. The van der Waals surface area contributed by atoms with Crippen molar-refractivity contribution in [1.29, 1.82) is 0 Å². The molecule has 6 nitrogen and oxygen atoms in total. The Kier molecular flexibility index (Phi) is 10.9. The van der Waals surface area contributed by atoms with Gasteiger partial charge in [-0.25, -0.2) is 13.1 Å². The Balaban J connectivity index is 1.88. The minimum absolute atomic E-state index is 0.152. The summed E-state index contributed by atoms with van der Waals surface area (Å²) in [6.45, 7) is 8.52. The molecule has 0 aliphatic rings. The van der Waals surface area contributed by atoms with Crippen LogP contribution in [-0.4, -0.2) is 38.0 Å². The van der Waals surface area contributed by atoms with Crippen LogP contribution in [-0.2, 0) is 39.1 Å². The van der Waals surface area contributed by atoms with Gasteiger partial charge in [-0.2, -0.15) is 0 Å². The van der Waals surface area contributed by atoms with Gasteiger partial charge in [0.15, 0.2) is 0 Å². The van der Waals surface area contributed by atoms with E-state index in [0.29, 0.717) is 19.5 Å². The Morgan fingerprint density at radius 2 is 1.23 bits per heavy atom. The first-order chi connectivity index (χ1) is 20.6. The molecule has 4 rings (SSSR count). The number of carbonyl (C=O) groups excluding carboxylic acids is 1. The Morgan fingerprint density at radius 3 is 1.70 bits per heavy atom. The molecule has 43 heavy (non-hydrogen) atoms. The number of nitrogens with one attached hydrogen (secondary N) is 1. The van der Waals surface area contributed by atoms with E-state index in [-0.39, 0.29) is 11.5 Å². The molecule has 0 radical (unpaired) electrons. The highest BCUT2D eigenvalue weighted by molar-refractivity contribution is 7.89. The van der Waals surface area contributed by atoms with Crippen molar-refractivity contribution in [3.8, 4) is 0 Å². The van der Waals surface area contributed by atoms with E-state index in [1.807, 2.05) is 73.7 Å². The van der Waals surface area contributed by atoms with Gasteiger partial charge < -0.3 is 4.74 Å². The maximum atomic E-state index is 14.0. The maximum Gasteiger partial charge on any atom is 0.313 e. The molecule has 0 spiro atoms. The van der Waals surface area contributed by atoms with Crippen LogP contribution in [0.3, 0.4) is 0 Å². The topological polar surface area (TPSA) is 75.7 Å². The zero-order valence-corrected chi connectivity index (χ0v) is 26.3. The zero-order valence-electron chi connectivity index (χ0n) is 25.4. The number of ether oxygens (including phenoxy) is 1. The molecule has 0 bridgehead atoms. The predicted molar refractivity (Wildman–Crippen MR) is 172 cm³/mol. The van der Waals surface area contributed by atoms with Crippen LogP contribution in [0.4, 0.5) is 0 Å². The molecule has 0 fully saturated rings. The van der Waals surface area contributed by atoms with Crippen molar-refractivity contribution < 1.29 is 17.9 Å². The van der Waals surface area contributed by atoms with Crippen LogP contribution in [0, 0.1) is 12.3 Å². The van der Waals surface area contributed by atoms with Crippen molar-refractivity contribution in [2.75, 3.05) is 6.61 Å². The van der Waals surface area contributed by atoms with Crippen LogP contribution in [0.1, 0.15) is 43.0 Å². The number of hydrogen-bond donors (Lipinski definition) is 1. The van der Waals surface area contributed by atoms with Gasteiger partial charge in [-0.15, -0.1) is 0 Å². The summed E-state index contributed by atoms with van der Waals surface area (Å²) < 4.78 is 36.5. The van der Waals surface area contributed by atoms with E-state index in [2.05, 4.69) is 33.9 Å². The molecule has 2 atom stereocenters. The molecule has 0 saturated carbocycles. The molecule has 0 aromatic heterocycles. The summed E-state index contributed by atoms with van der Waals surface area (Å²) in [4.78, 5) is 16.0. The second-order valence-corrected chi connectivity index (χ2v) is 13.2. The molecule has 0 aliphatic heterocycles. The highest BCUT2D eigenvalue weighted by Crippen LogP contribution is 2.32. The molecular weight excluding hydrogens is 556 g/mol. The number of hydrogen-bond acceptors (Lipinski definition) is 5. The van der Waals surface area contributed by atoms with Gasteiger partial charge in [0.1, 0.15) is 0 Å². The lowest BCUT2D eigenvalue weighted by molar-refractivity contribution is -0.156. The summed E-state index contributed by atoms with van der Waals surface area (Å²) in [5.41, 5.74) is 2.97. The number of rotatable bonds is 14. The highest BCUT2D eigenvalue weighted by Gasteiger charge is 2.46. The van der Waals surface area contributed by atoms with Crippen molar-refractivity contribution in [1.82, 2.24) is 9.62 Å². The van der Waals surface area contributed by atoms with Crippen molar-refractivity contribution >= 4 is 16.0 Å². The fraction of sp³-hybridized carbons (Fsp3) is 0.306. The molecule has 7 heteroatoms. The summed E-state index contributed by atoms with van der Waals surface area (Å²) in [7, 11) is -4.01. The van der Waals surface area contributed by atoms with Crippen LogP contribution in [0.25, 0.3) is 0 Å². The molecular formula is C36H42N2O4S. The van der Waals surface area contributed by atoms with Crippen molar-refractivity contribution in [3.05, 3.63) is 138 Å².